The van der Waals surface area contributed by atoms with Crippen molar-refractivity contribution in [1.29, 1.82) is 0 Å². The molecule has 0 fully saturated rings. The third-order valence-electron chi connectivity index (χ3n) is 4.96. The molecule has 0 unspecified atom stereocenters. The molecule has 4 rings (SSSR count). The van der Waals surface area contributed by atoms with E-state index >= 15 is 0 Å². The molecule has 0 saturated carbocycles. The number of aromatic nitrogens is 2. The molecule has 34 heavy (non-hydrogen) atoms. The molecule has 0 saturated heterocycles. The van der Waals surface area contributed by atoms with Gasteiger partial charge in [0.05, 0.1) is 11.9 Å². The fraction of sp³-hybridized carbons (Fsp3) is 0.130. The number of phosphoric ester groups is 1. The highest BCUT2D eigenvalue weighted by Gasteiger charge is 2.20. The fourth-order valence-electron chi connectivity index (χ4n) is 3.23. The lowest BCUT2D eigenvalue weighted by Gasteiger charge is -2.07. The fourth-order valence-corrected chi connectivity index (χ4v) is 3.51. The molecule has 9 nitrogen and oxygen atoms in total. The van der Waals surface area contributed by atoms with E-state index in [0.717, 1.165) is 5.56 Å². The van der Waals surface area contributed by atoms with Gasteiger partial charge in [0, 0.05) is 18.1 Å². The summed E-state index contributed by atoms with van der Waals surface area (Å²) in [6.45, 7) is -0.285. The van der Waals surface area contributed by atoms with Crippen molar-refractivity contribution in [3.63, 3.8) is 0 Å². The second kappa shape index (κ2) is 10.1. The zero-order valence-corrected chi connectivity index (χ0v) is 18.8. The number of anilines is 1. The molecule has 0 bridgehead atoms. The number of hydrogen-bond donors (Lipinski definition) is 3. The lowest BCUT2D eigenvalue weighted by atomic mass is 10.1. The van der Waals surface area contributed by atoms with Crippen LogP contribution in [-0.4, -0.2) is 14.9 Å². The average Bonchev–Trinajstić information content (AvgIpc) is 3.26. The van der Waals surface area contributed by atoms with Crippen molar-refractivity contribution in [3.05, 3.63) is 95.6 Å². The number of halogens is 1. The van der Waals surface area contributed by atoms with Crippen LogP contribution in [0.4, 0.5) is 10.2 Å². The zero-order valence-electron chi connectivity index (χ0n) is 17.9. The summed E-state index contributed by atoms with van der Waals surface area (Å²) in [5.41, 5.74) is 8.72. The molecule has 0 aliphatic rings. The van der Waals surface area contributed by atoms with Gasteiger partial charge in [0.25, 0.3) is 5.82 Å². The summed E-state index contributed by atoms with van der Waals surface area (Å²) in [5, 5.41) is 4.08. The van der Waals surface area contributed by atoms with Gasteiger partial charge in [-0.05, 0) is 35.9 Å². The second-order valence-electron chi connectivity index (χ2n) is 7.41. The van der Waals surface area contributed by atoms with E-state index < -0.39 is 14.6 Å². The van der Waals surface area contributed by atoms with Crippen LogP contribution in [0.15, 0.2) is 77.4 Å². The number of hydrogen-bond acceptors (Lipinski definition) is 6. The molecule has 0 aliphatic heterocycles. The van der Waals surface area contributed by atoms with Gasteiger partial charge in [-0.25, -0.2) is 18.0 Å². The van der Waals surface area contributed by atoms with E-state index in [-0.39, 0.29) is 18.2 Å². The molecule has 2 aromatic carbocycles. The molecule has 2 heterocycles. The molecule has 0 radical (unpaired) electrons. The molecular weight excluding hydrogens is 464 g/mol. The van der Waals surface area contributed by atoms with Gasteiger partial charge in [-0.3, -0.25) is 5.73 Å². The lowest BCUT2D eigenvalue weighted by Crippen LogP contribution is -2.38. The zero-order chi connectivity index (χ0) is 24.1. The largest absolute Gasteiger partial charge is 0.489 e. The smallest absolute Gasteiger partial charge is 0.472 e. The molecular formula is C23H22FN3O6P+. The van der Waals surface area contributed by atoms with Crippen molar-refractivity contribution >= 4 is 13.6 Å². The van der Waals surface area contributed by atoms with Crippen LogP contribution in [0.25, 0.3) is 11.3 Å². The molecule has 0 aliphatic carbocycles. The van der Waals surface area contributed by atoms with Crippen molar-refractivity contribution < 1.29 is 37.1 Å². The Morgan fingerprint density at radius 1 is 1.09 bits per heavy atom. The summed E-state index contributed by atoms with van der Waals surface area (Å²) in [6.07, 6.45) is 2.02. The number of ether oxygens (including phenoxy) is 1. The van der Waals surface area contributed by atoms with Gasteiger partial charge in [-0.2, -0.15) is 0 Å². The minimum Gasteiger partial charge on any atom is -0.489 e. The monoisotopic (exact) mass is 486 g/mol. The predicted octanol–water partition coefficient (Wildman–Crippen LogP) is 3.59. The van der Waals surface area contributed by atoms with Crippen molar-refractivity contribution in [3.8, 4) is 17.1 Å². The summed E-state index contributed by atoms with van der Waals surface area (Å²) >= 11 is 0. The number of benzene rings is 2. The second-order valence-corrected chi connectivity index (χ2v) is 8.65. The SMILES string of the molecule is Nc1c(-c2cc(Cc3ccc(OCc4ccccc4F)cc3)no2)ccc[n+]1COP(=O)(O)O. The van der Waals surface area contributed by atoms with E-state index in [0.29, 0.717) is 34.8 Å². The standard InChI is InChI=1S/C23H21FN3O6P/c24-21-6-2-1-4-17(21)14-31-19-9-7-16(8-10-19)12-18-13-22(33-26-18)20-5-3-11-27(23(20)25)15-32-34(28,29)30/h1-11,13,25H,12,14-15H2,(H2,28,29,30)/p+1. The van der Waals surface area contributed by atoms with Crippen molar-refractivity contribution in [2.24, 2.45) is 0 Å². The van der Waals surface area contributed by atoms with E-state index in [1.54, 1.807) is 48.5 Å². The Balaban J connectivity index is 1.40. The summed E-state index contributed by atoms with van der Waals surface area (Å²) in [5.74, 6) is 0.921. The Morgan fingerprint density at radius 2 is 1.85 bits per heavy atom. The Hall–Kier alpha value is -3.56. The first-order valence-electron chi connectivity index (χ1n) is 10.2. The van der Waals surface area contributed by atoms with Crippen LogP contribution in [0, 0.1) is 5.82 Å². The Labute approximate surface area is 194 Å². The molecule has 11 heteroatoms. The van der Waals surface area contributed by atoms with Crippen LogP contribution in [0.3, 0.4) is 0 Å². The van der Waals surface area contributed by atoms with Crippen molar-refractivity contribution in [2.45, 2.75) is 19.8 Å². The van der Waals surface area contributed by atoms with Crippen LogP contribution in [0.1, 0.15) is 16.8 Å². The Bertz CT molecular complexity index is 1320. The molecule has 0 spiro atoms. The summed E-state index contributed by atoms with van der Waals surface area (Å²) in [7, 11) is -4.64. The molecule has 176 valence electrons. The maximum atomic E-state index is 13.7. The van der Waals surface area contributed by atoms with Gasteiger partial charge in [0.15, 0.2) is 5.76 Å². The first kappa shape index (κ1) is 23.6. The molecule has 4 aromatic rings. The number of nitrogen functional groups attached to an aromatic ring is 1. The van der Waals surface area contributed by atoms with Gasteiger partial charge in [0.2, 0.25) is 6.73 Å². The van der Waals surface area contributed by atoms with Gasteiger partial charge in [-0.1, -0.05) is 35.5 Å². The first-order chi connectivity index (χ1) is 16.3. The Kier molecular flexibility index (Phi) is 7.04. The summed E-state index contributed by atoms with van der Waals surface area (Å²) in [4.78, 5) is 17.8. The van der Waals surface area contributed by atoms with Crippen LogP contribution in [0.5, 0.6) is 5.75 Å². The third-order valence-corrected chi connectivity index (χ3v) is 5.42. The van der Waals surface area contributed by atoms with Gasteiger partial charge in [-0.15, -0.1) is 0 Å². The predicted molar refractivity (Wildman–Crippen MR) is 120 cm³/mol. The van der Waals surface area contributed by atoms with Crippen molar-refractivity contribution in [1.82, 2.24) is 5.16 Å². The van der Waals surface area contributed by atoms with E-state index in [1.165, 1.54) is 16.8 Å². The summed E-state index contributed by atoms with van der Waals surface area (Å²) < 4.78 is 41.6. The van der Waals surface area contributed by atoms with E-state index in [9.17, 15) is 8.96 Å². The maximum absolute atomic E-state index is 13.7. The van der Waals surface area contributed by atoms with Crippen LogP contribution >= 0.6 is 7.82 Å². The lowest BCUT2D eigenvalue weighted by molar-refractivity contribution is -0.711. The highest BCUT2D eigenvalue weighted by Crippen LogP contribution is 2.35. The normalized spacial score (nSPS) is 11.5. The van der Waals surface area contributed by atoms with E-state index in [4.69, 9.17) is 24.8 Å². The third kappa shape index (κ3) is 6.06. The molecule has 0 atom stereocenters. The van der Waals surface area contributed by atoms with Crippen molar-refractivity contribution in [2.75, 3.05) is 5.73 Å². The minimum atomic E-state index is -4.64. The number of pyridine rings is 1. The average molecular weight is 486 g/mol. The van der Waals surface area contributed by atoms with E-state index in [1.807, 2.05) is 12.1 Å². The number of nitrogens with two attached hydrogens (primary N) is 1. The minimum absolute atomic E-state index is 0.135. The van der Waals surface area contributed by atoms with Crippen LogP contribution < -0.4 is 15.0 Å². The number of nitrogens with zero attached hydrogens (tertiary/aromatic N) is 2. The summed E-state index contributed by atoms with van der Waals surface area (Å²) in [6, 6.07) is 18.9. The topological polar surface area (TPSA) is 132 Å². The first-order valence-corrected chi connectivity index (χ1v) is 11.7. The molecule has 4 N–H and O–H groups in total. The quantitative estimate of drug-likeness (QED) is 0.242. The highest BCUT2D eigenvalue weighted by atomic mass is 31.2. The van der Waals surface area contributed by atoms with Crippen LogP contribution in [-0.2, 0) is 28.8 Å². The molecule has 0 amide bonds. The van der Waals surface area contributed by atoms with Gasteiger partial charge in [0.1, 0.15) is 23.7 Å². The van der Waals surface area contributed by atoms with E-state index in [2.05, 4.69) is 9.68 Å². The number of phosphoric acid groups is 1. The van der Waals surface area contributed by atoms with Gasteiger partial charge < -0.3 is 19.0 Å². The molecule has 2 aromatic heterocycles. The van der Waals surface area contributed by atoms with Gasteiger partial charge >= 0.3 is 7.82 Å². The maximum Gasteiger partial charge on any atom is 0.472 e. The number of rotatable bonds is 9. The highest BCUT2D eigenvalue weighted by molar-refractivity contribution is 7.46. The van der Waals surface area contributed by atoms with Crippen LogP contribution in [0.2, 0.25) is 0 Å². The Morgan fingerprint density at radius 3 is 2.59 bits per heavy atom.